The van der Waals surface area contributed by atoms with Gasteiger partial charge in [-0.05, 0) is 51.5 Å². The highest BCUT2D eigenvalue weighted by Gasteiger charge is 2.23. The SMILES string of the molecule is CC(C)NC(=O)NC(=O)[C@@H](C)OC(=O)c1ccc(N2CCCC2=O)cc1. The van der Waals surface area contributed by atoms with Crippen LogP contribution in [-0.4, -0.2) is 42.5 Å². The van der Waals surface area contributed by atoms with Gasteiger partial charge >= 0.3 is 12.0 Å². The molecule has 0 radical (unpaired) electrons. The number of hydrogen-bond acceptors (Lipinski definition) is 5. The van der Waals surface area contributed by atoms with Crippen LogP contribution in [0.25, 0.3) is 0 Å². The topological polar surface area (TPSA) is 105 Å². The average molecular weight is 361 g/mol. The van der Waals surface area contributed by atoms with Crippen LogP contribution in [0.2, 0.25) is 0 Å². The molecule has 0 unspecified atom stereocenters. The van der Waals surface area contributed by atoms with Crippen LogP contribution < -0.4 is 15.5 Å². The number of esters is 1. The number of benzene rings is 1. The fourth-order valence-corrected chi connectivity index (χ4v) is 2.49. The number of carbonyl (C=O) groups is 4. The molecule has 1 aromatic rings. The van der Waals surface area contributed by atoms with Gasteiger partial charge in [-0.25, -0.2) is 9.59 Å². The molecule has 2 rings (SSSR count). The lowest BCUT2D eigenvalue weighted by molar-refractivity contribution is -0.128. The molecule has 4 amide bonds. The summed E-state index contributed by atoms with van der Waals surface area (Å²) in [6, 6.07) is 5.65. The van der Waals surface area contributed by atoms with Gasteiger partial charge in [0.2, 0.25) is 5.91 Å². The molecule has 0 spiro atoms. The van der Waals surface area contributed by atoms with E-state index in [4.69, 9.17) is 4.74 Å². The van der Waals surface area contributed by atoms with Crippen molar-refractivity contribution in [2.75, 3.05) is 11.4 Å². The highest BCUT2D eigenvalue weighted by Crippen LogP contribution is 2.21. The van der Waals surface area contributed by atoms with Crippen molar-refractivity contribution in [3.63, 3.8) is 0 Å². The van der Waals surface area contributed by atoms with Gasteiger partial charge in [-0.1, -0.05) is 0 Å². The lowest BCUT2D eigenvalue weighted by atomic mass is 10.2. The first-order valence-corrected chi connectivity index (χ1v) is 8.50. The molecule has 8 heteroatoms. The van der Waals surface area contributed by atoms with Crippen molar-refractivity contribution in [1.82, 2.24) is 10.6 Å². The van der Waals surface area contributed by atoms with E-state index in [1.165, 1.54) is 6.92 Å². The standard InChI is InChI=1S/C18H23N3O5/c1-11(2)19-18(25)20-16(23)12(3)26-17(24)13-6-8-14(9-7-13)21-10-4-5-15(21)22/h6-9,11-12H,4-5,10H2,1-3H3,(H2,19,20,23,25)/t12-/m1/s1. The predicted molar refractivity (Wildman–Crippen MR) is 94.7 cm³/mol. The van der Waals surface area contributed by atoms with E-state index in [1.807, 2.05) is 0 Å². The van der Waals surface area contributed by atoms with Crippen molar-refractivity contribution in [3.8, 4) is 0 Å². The van der Waals surface area contributed by atoms with Crippen molar-refractivity contribution in [2.45, 2.75) is 45.8 Å². The smallest absolute Gasteiger partial charge is 0.338 e. The minimum absolute atomic E-state index is 0.0605. The van der Waals surface area contributed by atoms with Gasteiger partial charge in [-0.3, -0.25) is 14.9 Å². The van der Waals surface area contributed by atoms with Gasteiger partial charge in [0.1, 0.15) is 0 Å². The molecule has 0 bridgehead atoms. The van der Waals surface area contributed by atoms with E-state index in [9.17, 15) is 19.2 Å². The molecule has 1 aliphatic heterocycles. The van der Waals surface area contributed by atoms with Crippen molar-refractivity contribution >= 4 is 29.5 Å². The van der Waals surface area contributed by atoms with Crippen LogP contribution in [0.4, 0.5) is 10.5 Å². The second-order valence-corrected chi connectivity index (χ2v) is 6.36. The average Bonchev–Trinajstić information content (AvgIpc) is 3.00. The maximum Gasteiger partial charge on any atom is 0.338 e. The second-order valence-electron chi connectivity index (χ2n) is 6.36. The Hall–Kier alpha value is -2.90. The summed E-state index contributed by atoms with van der Waals surface area (Å²) in [7, 11) is 0. The fourth-order valence-electron chi connectivity index (χ4n) is 2.49. The second kappa shape index (κ2) is 8.46. The van der Waals surface area contributed by atoms with Crippen molar-refractivity contribution in [3.05, 3.63) is 29.8 Å². The number of carbonyl (C=O) groups excluding carboxylic acids is 4. The first kappa shape index (κ1) is 19.4. The monoisotopic (exact) mass is 361 g/mol. The Morgan fingerprint density at radius 3 is 2.31 bits per heavy atom. The summed E-state index contributed by atoms with van der Waals surface area (Å²) >= 11 is 0. The normalized spacial score (nSPS) is 14.9. The zero-order valence-electron chi connectivity index (χ0n) is 15.1. The Kier molecular flexibility index (Phi) is 6.32. The van der Waals surface area contributed by atoms with Gasteiger partial charge in [0, 0.05) is 24.7 Å². The van der Waals surface area contributed by atoms with E-state index in [0.717, 1.165) is 12.1 Å². The van der Waals surface area contributed by atoms with Gasteiger partial charge in [-0.15, -0.1) is 0 Å². The van der Waals surface area contributed by atoms with E-state index in [-0.39, 0.29) is 17.5 Å². The third kappa shape index (κ3) is 5.05. The van der Waals surface area contributed by atoms with Crippen LogP contribution in [-0.2, 0) is 14.3 Å². The van der Waals surface area contributed by atoms with E-state index >= 15 is 0 Å². The Bertz CT molecular complexity index is 699. The van der Waals surface area contributed by atoms with E-state index in [1.54, 1.807) is 43.0 Å². The lowest BCUT2D eigenvalue weighted by Crippen LogP contribution is -2.46. The first-order valence-electron chi connectivity index (χ1n) is 8.50. The Balaban J connectivity index is 1.91. The lowest BCUT2D eigenvalue weighted by Gasteiger charge is -2.16. The molecule has 1 heterocycles. The molecule has 1 aliphatic rings. The maximum atomic E-state index is 12.1. The number of nitrogens with zero attached hydrogens (tertiary/aromatic N) is 1. The number of rotatable bonds is 5. The summed E-state index contributed by atoms with van der Waals surface area (Å²) in [6.45, 7) is 5.56. The molecule has 8 nitrogen and oxygen atoms in total. The Labute approximate surface area is 151 Å². The molecule has 1 aromatic carbocycles. The third-order valence-corrected chi connectivity index (χ3v) is 3.80. The number of amides is 4. The van der Waals surface area contributed by atoms with Crippen LogP contribution in [0, 0.1) is 0 Å². The summed E-state index contributed by atoms with van der Waals surface area (Å²) < 4.78 is 5.08. The molecule has 0 aliphatic carbocycles. The van der Waals surface area contributed by atoms with Crippen LogP contribution >= 0.6 is 0 Å². The zero-order chi connectivity index (χ0) is 19.3. The molecule has 1 atom stereocenters. The number of urea groups is 1. The van der Waals surface area contributed by atoms with Gasteiger partial charge in [0.15, 0.2) is 6.10 Å². The van der Waals surface area contributed by atoms with Gasteiger partial charge in [0.05, 0.1) is 5.56 Å². The van der Waals surface area contributed by atoms with E-state index in [2.05, 4.69) is 10.6 Å². The van der Waals surface area contributed by atoms with E-state index in [0.29, 0.717) is 13.0 Å². The highest BCUT2D eigenvalue weighted by molar-refractivity contribution is 5.99. The first-order chi connectivity index (χ1) is 12.3. The number of nitrogens with one attached hydrogen (secondary N) is 2. The number of ether oxygens (including phenoxy) is 1. The van der Waals surface area contributed by atoms with Crippen LogP contribution in [0.3, 0.4) is 0 Å². The molecule has 26 heavy (non-hydrogen) atoms. The van der Waals surface area contributed by atoms with Crippen LogP contribution in [0.1, 0.15) is 44.0 Å². The molecular weight excluding hydrogens is 338 g/mol. The number of hydrogen-bond donors (Lipinski definition) is 2. The maximum absolute atomic E-state index is 12.1. The summed E-state index contributed by atoms with van der Waals surface area (Å²) in [4.78, 5) is 48.9. The summed E-state index contributed by atoms with van der Waals surface area (Å²) in [5, 5.41) is 4.62. The minimum Gasteiger partial charge on any atom is -0.449 e. The quantitative estimate of drug-likeness (QED) is 0.775. The van der Waals surface area contributed by atoms with E-state index < -0.39 is 24.0 Å². The Morgan fingerprint density at radius 1 is 1.12 bits per heavy atom. The molecule has 0 aromatic heterocycles. The molecule has 1 fully saturated rings. The zero-order valence-corrected chi connectivity index (χ0v) is 15.1. The number of anilines is 1. The predicted octanol–water partition coefficient (Wildman–Crippen LogP) is 1.59. The summed E-state index contributed by atoms with van der Waals surface area (Å²) in [5.74, 6) is -1.34. The fraction of sp³-hybridized carbons (Fsp3) is 0.444. The van der Waals surface area contributed by atoms with Crippen LogP contribution in [0.5, 0.6) is 0 Å². The van der Waals surface area contributed by atoms with Crippen molar-refractivity contribution < 1.29 is 23.9 Å². The van der Waals surface area contributed by atoms with Gasteiger partial charge in [-0.2, -0.15) is 0 Å². The molecule has 0 saturated carbocycles. The van der Waals surface area contributed by atoms with Gasteiger partial charge < -0.3 is 15.0 Å². The highest BCUT2D eigenvalue weighted by atomic mass is 16.5. The largest absolute Gasteiger partial charge is 0.449 e. The van der Waals surface area contributed by atoms with Crippen molar-refractivity contribution in [2.24, 2.45) is 0 Å². The minimum atomic E-state index is -1.12. The van der Waals surface area contributed by atoms with Crippen LogP contribution in [0.15, 0.2) is 24.3 Å². The summed E-state index contributed by atoms with van der Waals surface area (Å²) in [5.41, 5.74) is 0.979. The Morgan fingerprint density at radius 2 is 1.77 bits per heavy atom. The molecule has 140 valence electrons. The molecular formula is C18H23N3O5. The number of imide groups is 1. The third-order valence-electron chi connectivity index (χ3n) is 3.80. The summed E-state index contributed by atoms with van der Waals surface area (Å²) in [6.07, 6.45) is 0.223. The van der Waals surface area contributed by atoms with Gasteiger partial charge in [0.25, 0.3) is 5.91 Å². The molecule has 2 N–H and O–H groups in total. The molecule has 1 saturated heterocycles. The van der Waals surface area contributed by atoms with Crippen molar-refractivity contribution in [1.29, 1.82) is 0 Å².